The van der Waals surface area contributed by atoms with Crippen molar-refractivity contribution in [1.29, 1.82) is 10.5 Å². The lowest BCUT2D eigenvalue weighted by Gasteiger charge is -2.42. The summed E-state index contributed by atoms with van der Waals surface area (Å²) in [4.78, 5) is 26.7. The van der Waals surface area contributed by atoms with Crippen LogP contribution in [-0.4, -0.2) is 51.1 Å². The topological polar surface area (TPSA) is 114 Å². The number of fused-ring (bicyclic) bond motifs is 4. The summed E-state index contributed by atoms with van der Waals surface area (Å²) in [6.07, 6.45) is 3.87. The molecular weight excluding hydrogens is 674 g/mol. The third-order valence-electron chi connectivity index (χ3n) is 10.8. The van der Waals surface area contributed by atoms with E-state index >= 15 is 4.39 Å². The number of aromatic nitrogens is 3. The molecule has 9 rings (SSSR count). The first-order valence-corrected chi connectivity index (χ1v) is 17.6. The first kappa shape index (κ1) is 32.5. The van der Waals surface area contributed by atoms with Crippen LogP contribution in [0.1, 0.15) is 60.9 Å². The SMILES string of the molecule is Cc1nc2c(F)c(-c3cccc(Cl)c3Cl)c(CCC#N)cc2c2c1cc([C@@H](C)N1CCCN(c3ccnc(C#N)c3)C1=O)n2[C@H]1[C@H]2CN[C@@H]1C2. The van der Waals surface area contributed by atoms with Gasteiger partial charge in [-0.25, -0.2) is 19.2 Å². The van der Waals surface area contributed by atoms with Crippen LogP contribution < -0.4 is 10.2 Å². The molecule has 3 aliphatic heterocycles. The van der Waals surface area contributed by atoms with Crippen molar-refractivity contribution in [2.24, 2.45) is 5.92 Å². The van der Waals surface area contributed by atoms with Crippen LogP contribution in [-0.2, 0) is 6.42 Å². The number of carbonyl (C=O) groups is 1. The van der Waals surface area contributed by atoms with Gasteiger partial charge in [0.05, 0.1) is 33.7 Å². The second kappa shape index (κ2) is 12.5. The summed E-state index contributed by atoms with van der Waals surface area (Å²) < 4.78 is 19.4. The van der Waals surface area contributed by atoms with Crippen LogP contribution in [0.15, 0.2) is 48.7 Å². The number of nitriles is 2. The monoisotopic (exact) mass is 706 g/mol. The number of benzene rings is 2. The number of hydrogen-bond acceptors (Lipinski definition) is 6. The summed E-state index contributed by atoms with van der Waals surface area (Å²) in [5.41, 5.74) is 5.06. The molecule has 0 radical (unpaired) electrons. The van der Waals surface area contributed by atoms with E-state index in [1.165, 1.54) is 0 Å². The molecule has 1 N–H and O–H groups in total. The quantitative estimate of drug-likeness (QED) is 0.182. The predicted octanol–water partition coefficient (Wildman–Crippen LogP) is 8.26. The van der Waals surface area contributed by atoms with Gasteiger partial charge in [-0.1, -0.05) is 35.3 Å². The normalized spacial score (nSPS) is 20.6. The number of pyridine rings is 2. The number of nitrogens with zero attached hydrogens (tertiary/aromatic N) is 7. The van der Waals surface area contributed by atoms with Crippen LogP contribution in [0, 0.1) is 41.3 Å². The summed E-state index contributed by atoms with van der Waals surface area (Å²) in [6.45, 7) is 5.94. The number of amides is 2. The maximum absolute atomic E-state index is 17.1. The molecule has 3 saturated heterocycles. The van der Waals surface area contributed by atoms with Gasteiger partial charge in [0.2, 0.25) is 0 Å². The number of aryl methyl sites for hydroxylation is 2. The highest BCUT2D eigenvalue weighted by Gasteiger charge is 2.49. The molecule has 1 saturated carbocycles. The zero-order valence-corrected chi connectivity index (χ0v) is 29.1. The van der Waals surface area contributed by atoms with Crippen LogP contribution in [0.25, 0.3) is 32.9 Å². The van der Waals surface area contributed by atoms with Crippen LogP contribution in [0.5, 0.6) is 0 Å². The first-order valence-electron chi connectivity index (χ1n) is 16.9. The minimum absolute atomic E-state index is 0.122. The van der Waals surface area contributed by atoms with Crippen LogP contribution in [0.2, 0.25) is 10.0 Å². The summed E-state index contributed by atoms with van der Waals surface area (Å²) >= 11 is 13.0. The molecule has 50 heavy (non-hydrogen) atoms. The Morgan fingerprint density at radius 2 is 1.98 bits per heavy atom. The van der Waals surface area contributed by atoms with E-state index in [1.807, 2.05) is 17.9 Å². The maximum atomic E-state index is 17.1. The van der Waals surface area contributed by atoms with Gasteiger partial charge in [0.1, 0.15) is 17.3 Å². The van der Waals surface area contributed by atoms with Crippen LogP contribution >= 0.6 is 23.2 Å². The van der Waals surface area contributed by atoms with E-state index in [-0.39, 0.29) is 46.8 Å². The molecule has 5 aromatic rings. The highest BCUT2D eigenvalue weighted by molar-refractivity contribution is 6.43. The fraction of sp³-hybridized carbons (Fsp3) is 0.342. The Bertz CT molecular complexity index is 2300. The minimum Gasteiger partial charge on any atom is -0.337 e. The Kier molecular flexibility index (Phi) is 8.14. The Morgan fingerprint density at radius 3 is 2.72 bits per heavy atom. The van der Waals surface area contributed by atoms with Gasteiger partial charge in [0.15, 0.2) is 5.82 Å². The number of nitrogens with one attached hydrogen (secondary N) is 1. The van der Waals surface area contributed by atoms with E-state index in [4.69, 9.17) is 28.2 Å². The first-order chi connectivity index (χ1) is 24.2. The van der Waals surface area contributed by atoms with Gasteiger partial charge in [-0.2, -0.15) is 10.5 Å². The number of urea groups is 1. The molecule has 12 heteroatoms. The van der Waals surface area contributed by atoms with Gasteiger partial charge >= 0.3 is 6.03 Å². The number of halogens is 3. The molecule has 4 aliphatic rings. The Balaban J connectivity index is 1.33. The van der Waals surface area contributed by atoms with Crippen molar-refractivity contribution in [3.63, 3.8) is 0 Å². The summed E-state index contributed by atoms with van der Waals surface area (Å²) in [5.74, 6) is -0.107. The average molecular weight is 708 g/mol. The van der Waals surface area contributed by atoms with E-state index < -0.39 is 5.82 Å². The van der Waals surface area contributed by atoms with E-state index in [9.17, 15) is 15.3 Å². The van der Waals surface area contributed by atoms with Crippen molar-refractivity contribution in [2.45, 2.75) is 57.7 Å². The third kappa shape index (κ3) is 5.00. The van der Waals surface area contributed by atoms with Gasteiger partial charge in [-0.05, 0) is 74.9 Å². The van der Waals surface area contributed by atoms with Crippen LogP contribution in [0.4, 0.5) is 14.9 Å². The van der Waals surface area contributed by atoms with Gasteiger partial charge in [0, 0.05) is 77.3 Å². The molecule has 3 aromatic heterocycles. The summed E-state index contributed by atoms with van der Waals surface area (Å²) in [5, 5.41) is 24.8. The van der Waals surface area contributed by atoms with Crippen molar-refractivity contribution in [1.82, 2.24) is 24.8 Å². The molecule has 252 valence electrons. The molecule has 1 aliphatic carbocycles. The van der Waals surface area contributed by atoms with Crippen molar-refractivity contribution in [2.75, 3.05) is 24.5 Å². The van der Waals surface area contributed by atoms with E-state index in [0.717, 1.165) is 36.0 Å². The van der Waals surface area contributed by atoms with E-state index in [0.29, 0.717) is 63.9 Å². The summed E-state index contributed by atoms with van der Waals surface area (Å²) in [6, 6.07) is 16.8. The molecule has 2 amide bonds. The lowest BCUT2D eigenvalue weighted by Crippen LogP contribution is -2.51. The van der Waals surface area contributed by atoms with Crippen molar-refractivity contribution < 1.29 is 9.18 Å². The third-order valence-corrected chi connectivity index (χ3v) is 11.6. The van der Waals surface area contributed by atoms with Crippen molar-refractivity contribution >= 4 is 56.7 Å². The Hall–Kier alpha value is -4.74. The molecule has 6 heterocycles. The van der Waals surface area contributed by atoms with Crippen molar-refractivity contribution in [3.8, 4) is 23.3 Å². The molecule has 0 spiro atoms. The van der Waals surface area contributed by atoms with Gasteiger partial charge in [-0.3, -0.25) is 4.90 Å². The maximum Gasteiger partial charge on any atom is 0.325 e. The summed E-state index contributed by atoms with van der Waals surface area (Å²) in [7, 11) is 0. The standard InChI is InChI=1S/C38H33Cl2FN8O/c1-20-27-17-31(21(2)47-12-5-13-48(38(47)50)25-9-11-44-24(16-25)18-43)49(36-23-15-30(36)45-19-23)37(27)28-14-22(6-4-10-42)32(34(41)35(28)46-20)26-7-3-8-29(39)33(26)40/h3,7-9,11,14,16-17,21,23,30,36,45H,4-6,12-13,15,19H2,1-2H3/t21-,23-,30-,36+/m1/s1. The zero-order chi connectivity index (χ0) is 34.8. The Labute approximate surface area is 298 Å². The lowest BCUT2D eigenvalue weighted by molar-refractivity contribution is 0.165. The highest BCUT2D eigenvalue weighted by Crippen LogP contribution is 2.50. The molecule has 0 unspecified atom stereocenters. The largest absolute Gasteiger partial charge is 0.337 e. The van der Waals surface area contributed by atoms with Gasteiger partial charge in [-0.15, -0.1) is 0 Å². The second-order valence-electron chi connectivity index (χ2n) is 13.4. The Morgan fingerprint density at radius 1 is 1.14 bits per heavy atom. The highest BCUT2D eigenvalue weighted by atomic mass is 35.5. The van der Waals surface area contributed by atoms with Gasteiger partial charge < -0.3 is 14.8 Å². The molecule has 4 atom stereocenters. The number of carbonyl (C=O) groups excluding carboxylic acids is 1. The number of hydrogen-bond donors (Lipinski definition) is 1. The average Bonchev–Trinajstić information content (AvgIpc) is 3.86. The van der Waals surface area contributed by atoms with E-state index in [1.54, 1.807) is 41.4 Å². The minimum atomic E-state index is -0.502. The fourth-order valence-electron chi connectivity index (χ4n) is 8.32. The van der Waals surface area contributed by atoms with Gasteiger partial charge in [0.25, 0.3) is 0 Å². The molecule has 2 aromatic carbocycles. The predicted molar refractivity (Wildman–Crippen MR) is 192 cm³/mol. The molecular formula is C38H33Cl2FN8O. The van der Waals surface area contributed by atoms with Crippen LogP contribution in [0.3, 0.4) is 0 Å². The lowest BCUT2D eigenvalue weighted by atomic mass is 9.79. The van der Waals surface area contributed by atoms with E-state index in [2.05, 4.69) is 40.0 Å². The van der Waals surface area contributed by atoms with Crippen molar-refractivity contribution in [3.05, 3.63) is 87.2 Å². The molecule has 2 bridgehead atoms. The molecule has 4 fully saturated rings. The molecule has 9 nitrogen and oxygen atoms in total. The number of anilines is 1. The smallest absolute Gasteiger partial charge is 0.325 e. The fourth-order valence-corrected chi connectivity index (χ4v) is 8.71. The zero-order valence-electron chi connectivity index (χ0n) is 27.6. The number of rotatable bonds is 7. The second-order valence-corrected chi connectivity index (χ2v) is 14.2.